The Kier molecular flexibility index (Phi) is 11.2. The van der Waals surface area contributed by atoms with Crippen molar-refractivity contribution < 1.29 is 35.9 Å². The second-order valence-corrected chi connectivity index (χ2v) is 8.33. The summed E-state index contributed by atoms with van der Waals surface area (Å²) in [6.07, 6.45) is -8.36. The van der Waals surface area contributed by atoms with Gasteiger partial charge in [0.05, 0.1) is 11.1 Å². The molecule has 4 amide bonds. The van der Waals surface area contributed by atoms with E-state index in [1.165, 1.54) is 4.90 Å². The first-order valence-electron chi connectivity index (χ1n) is 12.0. The van der Waals surface area contributed by atoms with Crippen molar-refractivity contribution in [3.05, 3.63) is 59.7 Å². The van der Waals surface area contributed by atoms with E-state index in [9.17, 15) is 35.9 Å². The first-order valence-corrected chi connectivity index (χ1v) is 12.0. The molecule has 2 aromatic rings. The summed E-state index contributed by atoms with van der Waals surface area (Å²) in [5, 5.41) is 7.53. The van der Waals surface area contributed by atoms with Gasteiger partial charge in [-0.1, -0.05) is 13.8 Å². The van der Waals surface area contributed by atoms with E-state index in [4.69, 9.17) is 0 Å². The molecule has 0 bridgehead atoms. The number of nitrogens with one attached hydrogen (secondary N) is 3. The molecule has 210 valence electrons. The summed E-state index contributed by atoms with van der Waals surface area (Å²) >= 11 is 0. The zero-order valence-electron chi connectivity index (χ0n) is 21.0. The average molecular weight is 548 g/mol. The third kappa shape index (κ3) is 10.1. The van der Waals surface area contributed by atoms with Gasteiger partial charge in [-0.15, -0.1) is 0 Å². The lowest BCUT2D eigenvalue weighted by molar-refractivity contribution is -0.138. The van der Waals surface area contributed by atoms with E-state index < -0.39 is 35.5 Å². The maximum atomic E-state index is 12.8. The normalized spacial score (nSPS) is 11.8. The van der Waals surface area contributed by atoms with Gasteiger partial charge in [0.2, 0.25) is 0 Å². The summed E-state index contributed by atoms with van der Waals surface area (Å²) in [6.45, 7) is 6.85. The number of carbonyl (C=O) groups excluding carboxylic acids is 2. The number of nitrogens with zero attached hydrogens (tertiary/aromatic N) is 2. The highest BCUT2D eigenvalue weighted by Crippen LogP contribution is 2.30. The predicted octanol–water partition coefficient (Wildman–Crippen LogP) is 6.11. The van der Waals surface area contributed by atoms with Gasteiger partial charge in [-0.2, -0.15) is 26.3 Å². The Bertz CT molecular complexity index is 1020. The van der Waals surface area contributed by atoms with Crippen LogP contribution >= 0.6 is 0 Å². The molecule has 0 aliphatic rings. The summed E-state index contributed by atoms with van der Waals surface area (Å²) in [4.78, 5) is 28.6. The van der Waals surface area contributed by atoms with Gasteiger partial charge >= 0.3 is 24.4 Å². The number of hydrogen-bond donors (Lipinski definition) is 3. The highest BCUT2D eigenvalue weighted by molar-refractivity contribution is 5.90. The molecule has 0 fully saturated rings. The fourth-order valence-corrected chi connectivity index (χ4v) is 3.51. The second-order valence-electron chi connectivity index (χ2n) is 8.33. The van der Waals surface area contributed by atoms with Gasteiger partial charge in [-0.25, -0.2) is 9.59 Å². The van der Waals surface area contributed by atoms with Crippen molar-refractivity contribution in [1.82, 2.24) is 15.1 Å². The number of rotatable bonds is 11. The summed E-state index contributed by atoms with van der Waals surface area (Å²) in [5.41, 5.74) is -1.34. The van der Waals surface area contributed by atoms with E-state index in [-0.39, 0.29) is 24.5 Å². The van der Waals surface area contributed by atoms with E-state index in [1.54, 1.807) is 0 Å². The number of benzene rings is 2. The number of alkyl halides is 6. The quantitative estimate of drug-likeness (QED) is 0.297. The van der Waals surface area contributed by atoms with Crippen LogP contribution in [0.5, 0.6) is 0 Å². The summed E-state index contributed by atoms with van der Waals surface area (Å²) < 4.78 is 76.4. The molecule has 0 aromatic heterocycles. The van der Waals surface area contributed by atoms with Gasteiger partial charge in [0.1, 0.15) is 0 Å². The summed E-state index contributed by atoms with van der Waals surface area (Å²) in [5.74, 6) is 0. The SMILES string of the molecule is CCN(CC)CCCN(CCNC(=O)Nc1ccc(C(F)(F)F)cc1)C(=O)Nc1ccc(C(F)(F)F)cc1. The van der Waals surface area contributed by atoms with Gasteiger partial charge in [0.15, 0.2) is 0 Å². The maximum Gasteiger partial charge on any atom is 0.416 e. The Morgan fingerprint density at radius 3 is 1.63 bits per heavy atom. The number of urea groups is 2. The fraction of sp³-hybridized carbons (Fsp3) is 0.440. The molecule has 0 saturated heterocycles. The summed E-state index contributed by atoms with van der Waals surface area (Å²) in [6, 6.07) is 6.78. The van der Waals surface area contributed by atoms with Gasteiger partial charge in [0, 0.05) is 31.0 Å². The third-order valence-corrected chi connectivity index (χ3v) is 5.68. The molecule has 13 heteroatoms. The standard InChI is InChI=1S/C25H31F6N5O2/c1-3-35(4-2)15-5-16-36(23(38)34-21-12-8-19(9-13-21)25(29,30)31)17-14-32-22(37)33-20-10-6-18(7-11-20)24(26,27)28/h6-13H,3-5,14-17H2,1-2H3,(H,34,38)(H2,32,33,37). The Labute approximate surface area is 217 Å². The van der Waals surface area contributed by atoms with Crippen molar-refractivity contribution in [2.75, 3.05) is 49.9 Å². The predicted molar refractivity (Wildman–Crippen MR) is 133 cm³/mol. The van der Waals surface area contributed by atoms with Crippen molar-refractivity contribution in [1.29, 1.82) is 0 Å². The monoisotopic (exact) mass is 547 g/mol. The molecule has 0 unspecified atom stereocenters. The Morgan fingerprint density at radius 1 is 0.711 bits per heavy atom. The zero-order valence-corrected chi connectivity index (χ0v) is 21.0. The molecule has 2 aromatic carbocycles. The largest absolute Gasteiger partial charge is 0.416 e. The smallest absolute Gasteiger partial charge is 0.336 e. The van der Waals surface area contributed by atoms with Crippen LogP contribution in [-0.2, 0) is 12.4 Å². The van der Waals surface area contributed by atoms with Gasteiger partial charge < -0.3 is 25.8 Å². The van der Waals surface area contributed by atoms with Crippen LogP contribution in [0.15, 0.2) is 48.5 Å². The summed E-state index contributed by atoms with van der Waals surface area (Å²) in [7, 11) is 0. The van der Waals surface area contributed by atoms with Crippen LogP contribution in [0.1, 0.15) is 31.4 Å². The molecule has 0 heterocycles. The van der Waals surface area contributed by atoms with Gasteiger partial charge in [-0.3, -0.25) is 0 Å². The topological polar surface area (TPSA) is 76.7 Å². The molecule has 0 spiro atoms. The molecule has 0 saturated carbocycles. The van der Waals surface area contributed by atoms with Crippen molar-refractivity contribution in [3.63, 3.8) is 0 Å². The van der Waals surface area contributed by atoms with E-state index >= 15 is 0 Å². The molecule has 0 aliphatic heterocycles. The third-order valence-electron chi connectivity index (χ3n) is 5.68. The van der Waals surface area contributed by atoms with Crippen LogP contribution in [0.2, 0.25) is 0 Å². The number of halogens is 6. The molecule has 0 aliphatic carbocycles. The van der Waals surface area contributed by atoms with Crippen LogP contribution < -0.4 is 16.0 Å². The van der Waals surface area contributed by atoms with Crippen LogP contribution in [0.3, 0.4) is 0 Å². The van der Waals surface area contributed by atoms with Crippen LogP contribution in [0, 0.1) is 0 Å². The van der Waals surface area contributed by atoms with Crippen molar-refractivity contribution in [3.8, 4) is 0 Å². The number of carbonyl (C=O) groups is 2. The van der Waals surface area contributed by atoms with Crippen molar-refractivity contribution in [2.45, 2.75) is 32.6 Å². The zero-order chi connectivity index (χ0) is 28.3. The van der Waals surface area contributed by atoms with Gasteiger partial charge in [-0.05, 0) is 74.6 Å². The highest BCUT2D eigenvalue weighted by Gasteiger charge is 2.30. The fourth-order valence-electron chi connectivity index (χ4n) is 3.51. The highest BCUT2D eigenvalue weighted by atomic mass is 19.4. The van der Waals surface area contributed by atoms with Crippen LogP contribution in [0.4, 0.5) is 47.3 Å². The van der Waals surface area contributed by atoms with E-state index in [0.717, 1.165) is 68.2 Å². The lowest BCUT2D eigenvalue weighted by Crippen LogP contribution is -2.43. The minimum atomic E-state index is -4.49. The number of amides is 4. The van der Waals surface area contributed by atoms with E-state index in [0.29, 0.717) is 13.0 Å². The van der Waals surface area contributed by atoms with Gasteiger partial charge in [0.25, 0.3) is 0 Å². The lowest BCUT2D eigenvalue weighted by atomic mass is 10.2. The Balaban J connectivity index is 1.95. The number of anilines is 2. The molecule has 0 radical (unpaired) electrons. The van der Waals surface area contributed by atoms with Crippen molar-refractivity contribution >= 4 is 23.4 Å². The molecular formula is C25H31F6N5O2. The van der Waals surface area contributed by atoms with E-state index in [1.807, 2.05) is 13.8 Å². The Morgan fingerprint density at radius 2 is 1.18 bits per heavy atom. The van der Waals surface area contributed by atoms with Crippen LogP contribution in [0.25, 0.3) is 0 Å². The maximum absolute atomic E-state index is 12.8. The first-order chi connectivity index (χ1) is 17.8. The van der Waals surface area contributed by atoms with E-state index in [2.05, 4.69) is 20.9 Å². The molecular weight excluding hydrogens is 516 g/mol. The van der Waals surface area contributed by atoms with Crippen molar-refractivity contribution in [2.24, 2.45) is 0 Å². The van der Waals surface area contributed by atoms with Crippen LogP contribution in [-0.4, -0.2) is 61.1 Å². The molecule has 2 rings (SSSR count). The minimum Gasteiger partial charge on any atom is -0.336 e. The first kappa shape index (κ1) is 30.7. The average Bonchev–Trinajstić information content (AvgIpc) is 2.85. The Hall–Kier alpha value is -3.48. The molecule has 0 atom stereocenters. The minimum absolute atomic E-state index is 0.0260. The molecule has 7 nitrogen and oxygen atoms in total. The number of hydrogen-bond acceptors (Lipinski definition) is 3. The molecule has 38 heavy (non-hydrogen) atoms. The molecule has 3 N–H and O–H groups in total. The lowest BCUT2D eigenvalue weighted by Gasteiger charge is -2.25. The second kappa shape index (κ2) is 13.9.